The Bertz CT molecular complexity index is 227. The molecule has 0 spiro atoms. The van der Waals surface area contributed by atoms with E-state index in [2.05, 4.69) is 13.8 Å². The highest BCUT2D eigenvalue weighted by molar-refractivity contribution is 5.00. The first-order chi connectivity index (χ1) is 7.29. The maximum Gasteiger partial charge on any atom is 0.0745 e. The summed E-state index contributed by atoms with van der Waals surface area (Å²) < 4.78 is 5.15. The fourth-order valence-electron chi connectivity index (χ4n) is 2.59. The summed E-state index contributed by atoms with van der Waals surface area (Å²) in [5.41, 5.74) is -1.01. The zero-order valence-corrected chi connectivity index (χ0v) is 11.0. The predicted octanol–water partition coefficient (Wildman–Crippen LogP) is 1.96. The van der Waals surface area contributed by atoms with Gasteiger partial charge in [0.1, 0.15) is 0 Å². The molecule has 0 saturated heterocycles. The molecule has 16 heavy (non-hydrogen) atoms. The lowest BCUT2D eigenvalue weighted by atomic mass is 9.61. The number of methoxy groups -OCH3 is 1. The molecule has 0 aromatic carbocycles. The van der Waals surface area contributed by atoms with Gasteiger partial charge in [-0.25, -0.2) is 0 Å². The van der Waals surface area contributed by atoms with Crippen LogP contribution in [0.25, 0.3) is 0 Å². The third-order valence-corrected chi connectivity index (χ3v) is 4.37. The van der Waals surface area contributed by atoms with Crippen molar-refractivity contribution >= 4 is 0 Å². The van der Waals surface area contributed by atoms with Gasteiger partial charge < -0.3 is 14.9 Å². The molecule has 0 amide bonds. The molecule has 1 unspecified atom stereocenters. The zero-order valence-electron chi connectivity index (χ0n) is 11.0. The Balaban J connectivity index is 2.77. The van der Waals surface area contributed by atoms with E-state index in [0.29, 0.717) is 12.0 Å². The van der Waals surface area contributed by atoms with Crippen molar-refractivity contribution in [3.8, 4) is 0 Å². The van der Waals surface area contributed by atoms with Crippen molar-refractivity contribution in [3.05, 3.63) is 0 Å². The summed E-state index contributed by atoms with van der Waals surface area (Å²) in [6.07, 6.45) is 3.51. The SMILES string of the molecule is COCC(C)(CO)C1(O)CCC(C)(C)CC1. The van der Waals surface area contributed by atoms with E-state index in [-0.39, 0.29) is 6.61 Å². The van der Waals surface area contributed by atoms with E-state index in [0.717, 1.165) is 25.7 Å². The summed E-state index contributed by atoms with van der Waals surface area (Å²) >= 11 is 0. The first kappa shape index (κ1) is 13.9. The van der Waals surface area contributed by atoms with Crippen LogP contribution >= 0.6 is 0 Å². The molecule has 1 saturated carbocycles. The molecular weight excluding hydrogens is 204 g/mol. The Kier molecular flexibility index (Phi) is 4.04. The van der Waals surface area contributed by atoms with Crippen molar-refractivity contribution in [2.75, 3.05) is 20.3 Å². The van der Waals surface area contributed by atoms with Gasteiger partial charge in [0.25, 0.3) is 0 Å². The smallest absolute Gasteiger partial charge is 0.0745 e. The fraction of sp³-hybridized carbons (Fsp3) is 1.00. The Labute approximate surface area is 98.8 Å². The molecule has 2 N–H and O–H groups in total. The highest BCUT2D eigenvalue weighted by atomic mass is 16.5. The largest absolute Gasteiger partial charge is 0.396 e. The minimum Gasteiger partial charge on any atom is -0.396 e. The normalized spacial score (nSPS) is 27.4. The summed E-state index contributed by atoms with van der Waals surface area (Å²) in [6.45, 7) is 6.76. The molecule has 0 aromatic heterocycles. The van der Waals surface area contributed by atoms with Crippen LogP contribution in [0, 0.1) is 10.8 Å². The van der Waals surface area contributed by atoms with Crippen LogP contribution in [-0.4, -0.2) is 36.1 Å². The average Bonchev–Trinajstić information content (AvgIpc) is 2.23. The first-order valence-corrected chi connectivity index (χ1v) is 6.11. The number of hydrogen-bond donors (Lipinski definition) is 2. The van der Waals surface area contributed by atoms with E-state index in [4.69, 9.17) is 4.74 Å². The average molecular weight is 230 g/mol. The van der Waals surface area contributed by atoms with Crippen molar-refractivity contribution in [1.82, 2.24) is 0 Å². The topological polar surface area (TPSA) is 49.7 Å². The van der Waals surface area contributed by atoms with E-state index < -0.39 is 11.0 Å². The Hall–Kier alpha value is -0.120. The Morgan fingerprint density at radius 2 is 1.69 bits per heavy atom. The van der Waals surface area contributed by atoms with Gasteiger partial charge in [0, 0.05) is 12.5 Å². The number of aliphatic hydroxyl groups is 2. The van der Waals surface area contributed by atoms with E-state index in [1.54, 1.807) is 7.11 Å². The summed E-state index contributed by atoms with van der Waals surface area (Å²) in [7, 11) is 1.62. The summed E-state index contributed by atoms with van der Waals surface area (Å²) in [6, 6.07) is 0. The third kappa shape index (κ3) is 2.58. The highest BCUT2D eigenvalue weighted by Crippen LogP contribution is 2.47. The van der Waals surface area contributed by atoms with E-state index in [1.165, 1.54) is 0 Å². The van der Waals surface area contributed by atoms with Crippen LogP contribution in [0.15, 0.2) is 0 Å². The van der Waals surface area contributed by atoms with Gasteiger partial charge in [-0.2, -0.15) is 0 Å². The summed E-state index contributed by atoms with van der Waals surface area (Å²) in [4.78, 5) is 0. The molecule has 1 rings (SSSR count). The van der Waals surface area contributed by atoms with E-state index >= 15 is 0 Å². The summed E-state index contributed by atoms with van der Waals surface area (Å²) in [5, 5.41) is 20.2. The van der Waals surface area contributed by atoms with E-state index in [1.807, 2.05) is 6.92 Å². The second-order valence-corrected chi connectivity index (χ2v) is 6.35. The van der Waals surface area contributed by atoms with Crippen LogP contribution < -0.4 is 0 Å². The minimum absolute atomic E-state index is 0.0300. The van der Waals surface area contributed by atoms with Gasteiger partial charge in [0.05, 0.1) is 18.8 Å². The van der Waals surface area contributed by atoms with Gasteiger partial charge >= 0.3 is 0 Å². The lowest BCUT2D eigenvalue weighted by Gasteiger charge is -2.49. The van der Waals surface area contributed by atoms with Crippen LogP contribution in [0.3, 0.4) is 0 Å². The van der Waals surface area contributed by atoms with Crippen LogP contribution in [-0.2, 0) is 4.74 Å². The zero-order chi connectivity index (χ0) is 12.4. The predicted molar refractivity (Wildman–Crippen MR) is 64.3 cm³/mol. The monoisotopic (exact) mass is 230 g/mol. The second kappa shape index (κ2) is 4.63. The molecule has 0 radical (unpaired) electrons. The maximum atomic E-state index is 10.7. The van der Waals surface area contributed by atoms with Crippen LogP contribution in [0.2, 0.25) is 0 Å². The van der Waals surface area contributed by atoms with Gasteiger partial charge in [-0.1, -0.05) is 20.8 Å². The Morgan fingerprint density at radius 3 is 2.06 bits per heavy atom. The van der Waals surface area contributed by atoms with Crippen molar-refractivity contribution in [2.24, 2.45) is 10.8 Å². The van der Waals surface area contributed by atoms with Crippen molar-refractivity contribution in [2.45, 2.75) is 52.1 Å². The molecule has 1 fully saturated rings. The van der Waals surface area contributed by atoms with Crippen molar-refractivity contribution in [1.29, 1.82) is 0 Å². The van der Waals surface area contributed by atoms with Gasteiger partial charge in [-0.05, 0) is 31.1 Å². The number of hydrogen-bond acceptors (Lipinski definition) is 3. The van der Waals surface area contributed by atoms with Gasteiger partial charge in [-0.15, -0.1) is 0 Å². The molecule has 1 aliphatic rings. The lowest BCUT2D eigenvalue weighted by Crippen LogP contribution is -2.54. The Morgan fingerprint density at radius 1 is 1.19 bits per heavy atom. The maximum absolute atomic E-state index is 10.7. The second-order valence-electron chi connectivity index (χ2n) is 6.35. The highest BCUT2D eigenvalue weighted by Gasteiger charge is 2.49. The molecule has 3 heteroatoms. The molecular formula is C13H26O3. The van der Waals surface area contributed by atoms with Gasteiger partial charge in [0.15, 0.2) is 0 Å². The number of aliphatic hydroxyl groups excluding tert-OH is 1. The van der Waals surface area contributed by atoms with Gasteiger partial charge in [0.2, 0.25) is 0 Å². The van der Waals surface area contributed by atoms with Gasteiger partial charge in [-0.3, -0.25) is 0 Å². The first-order valence-electron chi connectivity index (χ1n) is 6.11. The third-order valence-electron chi connectivity index (χ3n) is 4.37. The molecule has 3 nitrogen and oxygen atoms in total. The molecule has 0 aliphatic heterocycles. The van der Waals surface area contributed by atoms with Crippen molar-refractivity contribution < 1.29 is 14.9 Å². The molecule has 0 bridgehead atoms. The molecule has 1 aliphatic carbocycles. The lowest BCUT2D eigenvalue weighted by molar-refractivity contribution is -0.157. The van der Waals surface area contributed by atoms with Crippen LogP contribution in [0.1, 0.15) is 46.5 Å². The number of ether oxygens (including phenoxy) is 1. The molecule has 0 heterocycles. The minimum atomic E-state index is -0.784. The summed E-state index contributed by atoms with van der Waals surface area (Å²) in [5.74, 6) is 0. The van der Waals surface area contributed by atoms with Crippen LogP contribution in [0.4, 0.5) is 0 Å². The fourth-order valence-corrected chi connectivity index (χ4v) is 2.59. The van der Waals surface area contributed by atoms with E-state index in [9.17, 15) is 10.2 Å². The van der Waals surface area contributed by atoms with Crippen LogP contribution in [0.5, 0.6) is 0 Å². The van der Waals surface area contributed by atoms with Crippen molar-refractivity contribution in [3.63, 3.8) is 0 Å². The number of rotatable bonds is 4. The molecule has 0 aromatic rings. The quantitative estimate of drug-likeness (QED) is 0.776. The molecule has 1 atom stereocenters. The molecule has 96 valence electrons. The standard InChI is InChI=1S/C13H26O3/c1-11(2)5-7-13(15,8-6-11)12(3,9-14)10-16-4/h14-15H,5-10H2,1-4H3.